The molecule has 0 aliphatic heterocycles. The van der Waals surface area contributed by atoms with Crippen LogP contribution in [0.5, 0.6) is 0 Å². The highest BCUT2D eigenvalue weighted by molar-refractivity contribution is 7.89. The molecular weight excluding hydrogens is 432 g/mol. The first-order valence-corrected chi connectivity index (χ1v) is 11.5. The summed E-state index contributed by atoms with van der Waals surface area (Å²) in [6.45, 7) is 0.0461. The molecule has 0 unspecified atom stereocenters. The van der Waals surface area contributed by atoms with Gasteiger partial charge in [0.1, 0.15) is 0 Å². The van der Waals surface area contributed by atoms with Gasteiger partial charge in [-0.25, -0.2) is 21.9 Å². The van der Waals surface area contributed by atoms with Crippen molar-refractivity contribution in [3.05, 3.63) is 95.7 Å². The second-order valence-electron chi connectivity index (χ2n) is 7.76. The predicted octanol–water partition coefficient (Wildman–Crippen LogP) is 4.62. The molecule has 4 aromatic rings. The Morgan fingerprint density at radius 3 is 2.38 bits per heavy atom. The molecule has 5 nitrogen and oxygen atoms in total. The zero-order valence-electron chi connectivity index (χ0n) is 17.6. The molecule has 0 aliphatic carbocycles. The maximum absolute atomic E-state index is 13.6. The van der Waals surface area contributed by atoms with Gasteiger partial charge in [0.2, 0.25) is 10.0 Å². The minimum atomic E-state index is -4.04. The topological polar surface area (TPSA) is 65.2 Å². The Bertz CT molecular complexity index is 1350. The summed E-state index contributed by atoms with van der Waals surface area (Å²) in [4.78, 5) is 4.89. The average molecular weight is 456 g/mol. The molecule has 1 aromatic heterocycles. The zero-order valence-corrected chi connectivity index (χ0v) is 18.5. The highest BCUT2D eigenvalue weighted by Gasteiger charge is 2.23. The number of para-hydroxylation sites is 1. The lowest BCUT2D eigenvalue weighted by Crippen LogP contribution is -2.29. The second kappa shape index (κ2) is 8.72. The molecular formula is C24H23F2N3O2S. The molecule has 8 heteroatoms. The van der Waals surface area contributed by atoms with Crippen LogP contribution in [0.1, 0.15) is 17.0 Å². The number of hydrogen-bond donors (Lipinski definition) is 2. The van der Waals surface area contributed by atoms with E-state index in [0.717, 1.165) is 39.8 Å². The van der Waals surface area contributed by atoms with E-state index in [1.807, 2.05) is 73.7 Å². The van der Waals surface area contributed by atoms with Crippen LogP contribution in [0.3, 0.4) is 0 Å². The smallest absolute Gasteiger partial charge is 0.240 e. The number of nitrogens with one attached hydrogen (secondary N) is 2. The van der Waals surface area contributed by atoms with Crippen LogP contribution in [0.25, 0.3) is 10.9 Å². The van der Waals surface area contributed by atoms with Crippen LogP contribution in [0.15, 0.2) is 77.8 Å². The third-order valence-electron chi connectivity index (χ3n) is 5.49. The first-order valence-electron chi connectivity index (χ1n) is 10.0. The lowest BCUT2D eigenvalue weighted by Gasteiger charge is -2.20. The van der Waals surface area contributed by atoms with Crippen LogP contribution < -0.4 is 9.62 Å². The van der Waals surface area contributed by atoms with Crippen LogP contribution in [-0.2, 0) is 10.0 Å². The van der Waals surface area contributed by atoms with E-state index in [-0.39, 0.29) is 17.4 Å². The lowest BCUT2D eigenvalue weighted by molar-refractivity contribution is 0.504. The Morgan fingerprint density at radius 1 is 0.969 bits per heavy atom. The number of sulfonamides is 1. The molecule has 0 bridgehead atoms. The molecule has 0 saturated carbocycles. The van der Waals surface area contributed by atoms with Gasteiger partial charge < -0.3 is 9.88 Å². The molecule has 3 aromatic carbocycles. The van der Waals surface area contributed by atoms with Crippen LogP contribution in [0.4, 0.5) is 14.5 Å². The van der Waals surface area contributed by atoms with Crippen LogP contribution >= 0.6 is 0 Å². The maximum atomic E-state index is 13.6. The number of benzene rings is 3. The van der Waals surface area contributed by atoms with Gasteiger partial charge in [-0.1, -0.05) is 30.3 Å². The molecule has 1 atom stereocenters. The van der Waals surface area contributed by atoms with Gasteiger partial charge in [0, 0.05) is 49.3 Å². The normalized spacial score (nSPS) is 12.8. The van der Waals surface area contributed by atoms with Crippen molar-refractivity contribution < 1.29 is 17.2 Å². The largest absolute Gasteiger partial charge is 0.378 e. The third kappa shape index (κ3) is 4.37. The van der Waals surface area contributed by atoms with Crippen molar-refractivity contribution in [2.45, 2.75) is 10.8 Å². The molecule has 0 amide bonds. The quantitative estimate of drug-likeness (QED) is 0.427. The standard InChI is InChI=1S/C24H23F2N3O2S/c1-29(2)17-9-7-16(8-10-17)20(21-14-27-24-6-4-3-5-19(21)24)15-28-32(30,31)18-11-12-22(25)23(26)13-18/h3-14,20,27-28H,15H2,1-2H3/t20-/m0/s1. The van der Waals surface area contributed by atoms with Crippen LogP contribution in [0.2, 0.25) is 0 Å². The van der Waals surface area contributed by atoms with Gasteiger partial charge in [-0.15, -0.1) is 0 Å². The number of fused-ring (bicyclic) bond motifs is 1. The Balaban J connectivity index is 1.70. The molecule has 0 aliphatic rings. The molecule has 166 valence electrons. The van der Waals surface area contributed by atoms with Crippen molar-refractivity contribution in [1.82, 2.24) is 9.71 Å². The molecule has 0 fully saturated rings. The number of halogens is 2. The molecule has 0 spiro atoms. The Morgan fingerprint density at radius 2 is 1.69 bits per heavy atom. The number of aromatic nitrogens is 1. The fourth-order valence-corrected chi connectivity index (χ4v) is 4.77. The fourth-order valence-electron chi connectivity index (χ4n) is 3.71. The third-order valence-corrected chi connectivity index (χ3v) is 6.91. The molecule has 32 heavy (non-hydrogen) atoms. The minimum absolute atomic E-state index is 0.0461. The summed E-state index contributed by atoms with van der Waals surface area (Å²) in [5.74, 6) is -2.61. The van der Waals surface area contributed by atoms with E-state index in [1.165, 1.54) is 0 Å². The van der Waals surface area contributed by atoms with Crippen molar-refractivity contribution in [2.75, 3.05) is 25.5 Å². The summed E-state index contributed by atoms with van der Waals surface area (Å²) < 4.78 is 55.0. The average Bonchev–Trinajstić information content (AvgIpc) is 3.20. The van der Waals surface area contributed by atoms with E-state index in [9.17, 15) is 17.2 Å². The second-order valence-corrected chi connectivity index (χ2v) is 9.52. The highest BCUT2D eigenvalue weighted by atomic mass is 32.2. The molecule has 4 rings (SSSR count). The molecule has 0 saturated heterocycles. The van der Waals surface area contributed by atoms with E-state index in [0.29, 0.717) is 6.07 Å². The first kappa shape index (κ1) is 22.0. The summed E-state index contributed by atoms with van der Waals surface area (Å²) in [6, 6.07) is 18.2. The van der Waals surface area contributed by atoms with Gasteiger partial charge in [-0.2, -0.15) is 0 Å². The van der Waals surface area contributed by atoms with E-state index < -0.39 is 21.7 Å². The van der Waals surface area contributed by atoms with E-state index in [4.69, 9.17) is 0 Å². The lowest BCUT2D eigenvalue weighted by atomic mass is 9.91. The highest BCUT2D eigenvalue weighted by Crippen LogP contribution is 2.32. The minimum Gasteiger partial charge on any atom is -0.378 e. The van der Waals surface area contributed by atoms with Gasteiger partial charge in [0.05, 0.1) is 4.90 Å². The fraction of sp³-hybridized carbons (Fsp3) is 0.167. The summed E-state index contributed by atoms with van der Waals surface area (Å²) in [7, 11) is -0.151. The predicted molar refractivity (Wildman–Crippen MR) is 122 cm³/mol. The number of nitrogens with zero attached hydrogens (tertiary/aromatic N) is 1. The monoisotopic (exact) mass is 455 g/mol. The van der Waals surface area contributed by atoms with E-state index in [2.05, 4.69) is 9.71 Å². The van der Waals surface area contributed by atoms with Gasteiger partial charge >= 0.3 is 0 Å². The van der Waals surface area contributed by atoms with Crippen molar-refractivity contribution in [1.29, 1.82) is 0 Å². The molecule has 0 radical (unpaired) electrons. The van der Waals surface area contributed by atoms with Gasteiger partial charge in [-0.05, 0) is 47.5 Å². The van der Waals surface area contributed by atoms with Crippen LogP contribution in [-0.4, -0.2) is 34.0 Å². The van der Waals surface area contributed by atoms with Crippen molar-refractivity contribution in [2.24, 2.45) is 0 Å². The zero-order chi connectivity index (χ0) is 22.9. The number of hydrogen-bond acceptors (Lipinski definition) is 3. The Hall–Kier alpha value is -3.23. The van der Waals surface area contributed by atoms with Crippen molar-refractivity contribution >= 4 is 26.6 Å². The van der Waals surface area contributed by atoms with Gasteiger partial charge in [-0.3, -0.25) is 0 Å². The van der Waals surface area contributed by atoms with Crippen molar-refractivity contribution in [3.8, 4) is 0 Å². The Kier molecular flexibility index (Phi) is 5.99. The first-order chi connectivity index (χ1) is 15.3. The SMILES string of the molecule is CN(C)c1ccc([C@H](CNS(=O)(=O)c2ccc(F)c(F)c2)c2c[nH]c3ccccc23)cc1. The number of anilines is 1. The van der Waals surface area contributed by atoms with E-state index in [1.54, 1.807) is 0 Å². The number of rotatable bonds is 7. The van der Waals surface area contributed by atoms with E-state index >= 15 is 0 Å². The van der Waals surface area contributed by atoms with Crippen LogP contribution in [0, 0.1) is 11.6 Å². The summed E-state index contributed by atoms with van der Waals surface area (Å²) in [6.07, 6.45) is 1.88. The molecule has 1 heterocycles. The van der Waals surface area contributed by atoms with Gasteiger partial charge in [0.25, 0.3) is 0 Å². The van der Waals surface area contributed by atoms with Crippen molar-refractivity contribution in [3.63, 3.8) is 0 Å². The number of H-pyrrole nitrogens is 1. The summed E-state index contributed by atoms with van der Waals surface area (Å²) in [5, 5.41) is 0.987. The number of aromatic amines is 1. The maximum Gasteiger partial charge on any atom is 0.240 e. The summed E-state index contributed by atoms with van der Waals surface area (Å²) in [5.41, 5.74) is 3.83. The van der Waals surface area contributed by atoms with Gasteiger partial charge in [0.15, 0.2) is 11.6 Å². The summed E-state index contributed by atoms with van der Waals surface area (Å²) >= 11 is 0. The molecule has 2 N–H and O–H groups in total. The Labute approximate surface area is 185 Å².